The lowest BCUT2D eigenvalue weighted by molar-refractivity contribution is 0.0694. The number of carbonyl (C=O) groups is 1. The maximum absolute atomic E-state index is 11.0. The second kappa shape index (κ2) is 3.29. The first-order chi connectivity index (χ1) is 6.20. The highest BCUT2D eigenvalue weighted by atomic mass is 127. The fourth-order valence-electron chi connectivity index (χ4n) is 1.50. The molecule has 2 rings (SSSR count). The average molecular weight is 288 g/mol. The molecule has 0 bridgehead atoms. The van der Waals surface area contributed by atoms with Crippen LogP contribution in [0.15, 0.2) is 18.2 Å². The molecule has 68 valence electrons. The van der Waals surface area contributed by atoms with Crippen LogP contribution in [0.1, 0.15) is 34.7 Å². The molecule has 1 aliphatic rings. The molecule has 0 aliphatic heterocycles. The van der Waals surface area contributed by atoms with E-state index in [2.05, 4.69) is 22.6 Å². The number of aromatic carboxylic acids is 1. The lowest BCUT2D eigenvalue weighted by Crippen LogP contribution is -2.04. The van der Waals surface area contributed by atoms with Gasteiger partial charge in [0, 0.05) is 3.57 Å². The van der Waals surface area contributed by atoms with E-state index in [0.717, 1.165) is 22.0 Å². The van der Waals surface area contributed by atoms with Crippen LogP contribution in [0, 0.1) is 3.57 Å². The number of benzene rings is 1. The largest absolute Gasteiger partial charge is 0.478 e. The highest BCUT2D eigenvalue weighted by molar-refractivity contribution is 14.1. The van der Waals surface area contributed by atoms with Gasteiger partial charge in [0.15, 0.2) is 0 Å². The molecule has 0 saturated heterocycles. The Bertz CT molecular complexity index is 356. The summed E-state index contributed by atoms with van der Waals surface area (Å²) in [7, 11) is 0. The fraction of sp³-hybridized carbons (Fsp3) is 0.300. The van der Waals surface area contributed by atoms with Crippen LogP contribution in [0.2, 0.25) is 0 Å². The first-order valence-corrected chi connectivity index (χ1v) is 5.29. The second-order valence-electron chi connectivity index (χ2n) is 3.28. The Morgan fingerprint density at radius 1 is 1.46 bits per heavy atom. The van der Waals surface area contributed by atoms with Gasteiger partial charge in [-0.25, -0.2) is 4.79 Å². The van der Waals surface area contributed by atoms with Gasteiger partial charge in [0.2, 0.25) is 0 Å². The van der Waals surface area contributed by atoms with Crippen molar-refractivity contribution in [1.82, 2.24) is 0 Å². The van der Waals surface area contributed by atoms with Gasteiger partial charge in [0.05, 0.1) is 5.56 Å². The molecule has 0 heterocycles. The van der Waals surface area contributed by atoms with E-state index >= 15 is 0 Å². The van der Waals surface area contributed by atoms with Gasteiger partial charge in [-0.1, -0.05) is 12.1 Å². The van der Waals surface area contributed by atoms with Crippen molar-refractivity contribution in [3.05, 3.63) is 32.9 Å². The molecule has 1 aromatic carbocycles. The number of halogens is 1. The first kappa shape index (κ1) is 8.99. The molecule has 0 spiro atoms. The van der Waals surface area contributed by atoms with E-state index in [1.165, 1.54) is 0 Å². The van der Waals surface area contributed by atoms with Crippen LogP contribution in [0.3, 0.4) is 0 Å². The molecule has 1 saturated carbocycles. The van der Waals surface area contributed by atoms with Crippen molar-refractivity contribution < 1.29 is 9.90 Å². The van der Waals surface area contributed by atoms with Crippen LogP contribution in [-0.4, -0.2) is 11.1 Å². The third-order valence-corrected chi connectivity index (χ3v) is 3.18. The second-order valence-corrected chi connectivity index (χ2v) is 4.45. The summed E-state index contributed by atoms with van der Waals surface area (Å²) in [5, 5.41) is 9.02. The van der Waals surface area contributed by atoms with E-state index < -0.39 is 5.97 Å². The third kappa shape index (κ3) is 1.70. The summed E-state index contributed by atoms with van der Waals surface area (Å²) < 4.78 is 0.842. The Morgan fingerprint density at radius 3 is 2.69 bits per heavy atom. The van der Waals surface area contributed by atoms with Gasteiger partial charge >= 0.3 is 5.97 Å². The number of hydrogen-bond acceptors (Lipinski definition) is 1. The van der Waals surface area contributed by atoms with Crippen LogP contribution < -0.4 is 0 Å². The van der Waals surface area contributed by atoms with Crippen molar-refractivity contribution >= 4 is 28.6 Å². The molecule has 0 atom stereocenters. The van der Waals surface area contributed by atoms with E-state index in [0.29, 0.717) is 11.5 Å². The summed E-state index contributed by atoms with van der Waals surface area (Å²) >= 11 is 2.08. The summed E-state index contributed by atoms with van der Waals surface area (Å²) in [5.74, 6) is -0.298. The van der Waals surface area contributed by atoms with Gasteiger partial charge in [-0.15, -0.1) is 0 Å². The topological polar surface area (TPSA) is 37.3 Å². The van der Waals surface area contributed by atoms with Gasteiger partial charge in [-0.3, -0.25) is 0 Å². The molecule has 0 unspecified atom stereocenters. The maximum atomic E-state index is 11.0. The zero-order chi connectivity index (χ0) is 9.42. The summed E-state index contributed by atoms with van der Waals surface area (Å²) in [6.07, 6.45) is 2.28. The van der Waals surface area contributed by atoms with E-state index in [9.17, 15) is 4.79 Å². The van der Waals surface area contributed by atoms with Crippen molar-refractivity contribution in [2.75, 3.05) is 0 Å². The number of rotatable bonds is 2. The van der Waals surface area contributed by atoms with Crippen LogP contribution in [0.4, 0.5) is 0 Å². The molecular weight excluding hydrogens is 279 g/mol. The smallest absolute Gasteiger partial charge is 0.337 e. The molecule has 1 N–H and O–H groups in total. The van der Waals surface area contributed by atoms with Gasteiger partial charge in [0.1, 0.15) is 0 Å². The van der Waals surface area contributed by atoms with E-state index in [1.807, 2.05) is 18.2 Å². The molecular formula is C10H9IO2. The molecule has 1 aromatic rings. The van der Waals surface area contributed by atoms with Crippen molar-refractivity contribution in [2.24, 2.45) is 0 Å². The van der Waals surface area contributed by atoms with Crippen LogP contribution >= 0.6 is 22.6 Å². The number of carboxylic acids is 1. The minimum absolute atomic E-state index is 0.501. The Kier molecular flexibility index (Phi) is 2.27. The SMILES string of the molecule is O=C(O)c1c(I)cccc1C1CC1. The number of carboxylic acid groups (broad SMARTS) is 1. The van der Waals surface area contributed by atoms with Crippen LogP contribution in [0.25, 0.3) is 0 Å². The Hall–Kier alpha value is -0.580. The predicted molar refractivity (Wildman–Crippen MR) is 58.1 cm³/mol. The Morgan fingerprint density at radius 2 is 2.15 bits per heavy atom. The zero-order valence-electron chi connectivity index (χ0n) is 6.96. The lowest BCUT2D eigenvalue weighted by Gasteiger charge is -2.05. The highest BCUT2D eigenvalue weighted by Gasteiger charge is 2.28. The molecule has 0 aromatic heterocycles. The van der Waals surface area contributed by atoms with E-state index in [-0.39, 0.29) is 0 Å². The monoisotopic (exact) mass is 288 g/mol. The summed E-state index contributed by atoms with van der Waals surface area (Å²) in [6, 6.07) is 5.71. The molecule has 3 heteroatoms. The van der Waals surface area contributed by atoms with Crippen LogP contribution in [-0.2, 0) is 0 Å². The molecule has 2 nitrogen and oxygen atoms in total. The molecule has 0 amide bonds. The third-order valence-electron chi connectivity index (χ3n) is 2.28. The van der Waals surface area contributed by atoms with Crippen molar-refractivity contribution in [1.29, 1.82) is 0 Å². The standard InChI is InChI=1S/C10H9IO2/c11-8-3-1-2-7(6-4-5-6)9(8)10(12)13/h1-3,6H,4-5H2,(H,12,13). The van der Waals surface area contributed by atoms with Gasteiger partial charge in [-0.2, -0.15) is 0 Å². The minimum atomic E-state index is -0.799. The maximum Gasteiger partial charge on any atom is 0.337 e. The van der Waals surface area contributed by atoms with Crippen LogP contribution in [0.5, 0.6) is 0 Å². The highest BCUT2D eigenvalue weighted by Crippen LogP contribution is 2.42. The Labute approximate surface area is 90.1 Å². The number of hydrogen-bond donors (Lipinski definition) is 1. The van der Waals surface area contributed by atoms with Gasteiger partial charge in [0.25, 0.3) is 0 Å². The molecule has 0 radical (unpaired) electrons. The average Bonchev–Trinajstić information content (AvgIpc) is 2.85. The van der Waals surface area contributed by atoms with Gasteiger partial charge in [-0.05, 0) is 53.0 Å². The summed E-state index contributed by atoms with van der Waals surface area (Å²) in [4.78, 5) is 11.0. The predicted octanol–water partition coefficient (Wildman–Crippen LogP) is 2.87. The quantitative estimate of drug-likeness (QED) is 0.850. The van der Waals surface area contributed by atoms with E-state index in [4.69, 9.17) is 5.11 Å². The Balaban J connectivity index is 2.53. The molecule has 1 fully saturated rings. The normalized spacial score (nSPS) is 15.8. The summed E-state index contributed by atoms with van der Waals surface area (Å²) in [5.41, 5.74) is 1.52. The molecule has 1 aliphatic carbocycles. The summed E-state index contributed by atoms with van der Waals surface area (Å²) in [6.45, 7) is 0. The zero-order valence-corrected chi connectivity index (χ0v) is 9.11. The van der Waals surface area contributed by atoms with Crippen molar-refractivity contribution in [3.63, 3.8) is 0 Å². The van der Waals surface area contributed by atoms with E-state index in [1.54, 1.807) is 0 Å². The van der Waals surface area contributed by atoms with Crippen molar-refractivity contribution in [3.8, 4) is 0 Å². The van der Waals surface area contributed by atoms with Crippen molar-refractivity contribution in [2.45, 2.75) is 18.8 Å². The molecule has 13 heavy (non-hydrogen) atoms. The minimum Gasteiger partial charge on any atom is -0.478 e. The lowest BCUT2D eigenvalue weighted by atomic mass is 10.0. The fourth-order valence-corrected chi connectivity index (χ4v) is 2.25. The first-order valence-electron chi connectivity index (χ1n) is 4.22. The van der Waals surface area contributed by atoms with Gasteiger partial charge < -0.3 is 5.11 Å².